The molecular formula is C23H24N2O2. The summed E-state index contributed by atoms with van der Waals surface area (Å²) in [6.45, 7) is 2.08. The molecule has 2 amide bonds. The number of para-hydroxylation sites is 1. The summed E-state index contributed by atoms with van der Waals surface area (Å²) >= 11 is 0. The Bertz CT molecular complexity index is 960. The van der Waals surface area contributed by atoms with Gasteiger partial charge in [0.25, 0.3) is 0 Å². The van der Waals surface area contributed by atoms with E-state index in [0.717, 1.165) is 34.0 Å². The average Bonchev–Trinajstić information content (AvgIpc) is 2.68. The van der Waals surface area contributed by atoms with Crippen LogP contribution in [0.5, 0.6) is 0 Å². The molecule has 0 heterocycles. The van der Waals surface area contributed by atoms with Gasteiger partial charge in [0, 0.05) is 12.7 Å². The fourth-order valence-corrected chi connectivity index (χ4v) is 3.19. The highest BCUT2D eigenvalue weighted by atomic mass is 16.2. The maximum absolute atomic E-state index is 12.6. The summed E-state index contributed by atoms with van der Waals surface area (Å²) in [6, 6.07) is 21.7. The van der Waals surface area contributed by atoms with Gasteiger partial charge >= 0.3 is 0 Å². The number of likely N-dealkylation sites (N-methyl/N-ethyl adjacent to an activating group) is 1. The number of hydrogen-bond donors (Lipinski definition) is 1. The highest BCUT2D eigenvalue weighted by molar-refractivity contribution is 5.96. The Hall–Kier alpha value is -3.14. The third-order valence-electron chi connectivity index (χ3n) is 4.70. The van der Waals surface area contributed by atoms with Gasteiger partial charge in [0.05, 0.1) is 13.0 Å². The van der Waals surface area contributed by atoms with Crippen LogP contribution in [-0.4, -0.2) is 30.3 Å². The fraction of sp³-hybridized carbons (Fsp3) is 0.217. The number of carbonyl (C=O) groups excluding carboxylic acids is 2. The van der Waals surface area contributed by atoms with Gasteiger partial charge in [-0.1, -0.05) is 67.6 Å². The third-order valence-corrected chi connectivity index (χ3v) is 4.70. The van der Waals surface area contributed by atoms with Crippen LogP contribution in [0.25, 0.3) is 10.8 Å². The number of benzene rings is 3. The molecular weight excluding hydrogens is 336 g/mol. The van der Waals surface area contributed by atoms with Gasteiger partial charge in [0.15, 0.2) is 0 Å². The van der Waals surface area contributed by atoms with Crippen LogP contribution in [0.1, 0.15) is 18.1 Å². The molecule has 3 rings (SSSR count). The fourth-order valence-electron chi connectivity index (χ4n) is 3.19. The zero-order valence-corrected chi connectivity index (χ0v) is 15.7. The molecule has 3 aromatic carbocycles. The van der Waals surface area contributed by atoms with E-state index in [9.17, 15) is 9.59 Å². The van der Waals surface area contributed by atoms with Crippen LogP contribution in [0.3, 0.4) is 0 Å². The molecule has 0 bridgehead atoms. The summed E-state index contributed by atoms with van der Waals surface area (Å²) in [5.41, 5.74) is 2.86. The Morgan fingerprint density at radius 3 is 2.37 bits per heavy atom. The second kappa shape index (κ2) is 8.49. The van der Waals surface area contributed by atoms with Crippen LogP contribution >= 0.6 is 0 Å². The quantitative estimate of drug-likeness (QED) is 0.721. The Labute approximate surface area is 159 Å². The minimum Gasteiger partial charge on any atom is -0.336 e. The lowest BCUT2D eigenvalue weighted by Gasteiger charge is -2.18. The van der Waals surface area contributed by atoms with Crippen molar-refractivity contribution >= 4 is 28.3 Å². The van der Waals surface area contributed by atoms with Crippen molar-refractivity contribution in [3.05, 3.63) is 77.9 Å². The lowest BCUT2D eigenvalue weighted by atomic mass is 10.0. The molecule has 0 fully saturated rings. The van der Waals surface area contributed by atoms with Gasteiger partial charge in [-0.05, 0) is 34.4 Å². The van der Waals surface area contributed by atoms with Crippen molar-refractivity contribution in [1.29, 1.82) is 0 Å². The molecule has 4 heteroatoms. The molecule has 0 spiro atoms. The minimum atomic E-state index is -0.190. The number of nitrogens with one attached hydrogen (secondary N) is 1. The summed E-state index contributed by atoms with van der Waals surface area (Å²) in [7, 11) is 1.67. The number of hydrogen-bond acceptors (Lipinski definition) is 2. The molecule has 0 aliphatic heterocycles. The van der Waals surface area contributed by atoms with Gasteiger partial charge in [-0.3, -0.25) is 9.59 Å². The number of amides is 2. The topological polar surface area (TPSA) is 49.4 Å². The van der Waals surface area contributed by atoms with E-state index < -0.39 is 0 Å². The van der Waals surface area contributed by atoms with Crippen molar-refractivity contribution in [2.24, 2.45) is 0 Å². The second-order valence-electron chi connectivity index (χ2n) is 6.62. The third kappa shape index (κ3) is 4.53. The van der Waals surface area contributed by atoms with E-state index in [2.05, 4.69) is 5.32 Å². The molecule has 3 aromatic rings. The summed E-state index contributed by atoms with van der Waals surface area (Å²) in [5, 5.41) is 5.09. The maximum atomic E-state index is 12.6. The van der Waals surface area contributed by atoms with Gasteiger partial charge in [-0.2, -0.15) is 0 Å². The minimum absolute atomic E-state index is 0.0294. The first kappa shape index (κ1) is 18.6. The van der Waals surface area contributed by atoms with E-state index in [0.29, 0.717) is 0 Å². The van der Waals surface area contributed by atoms with Crippen molar-refractivity contribution in [2.75, 3.05) is 18.9 Å². The second-order valence-corrected chi connectivity index (χ2v) is 6.62. The Morgan fingerprint density at radius 2 is 1.56 bits per heavy atom. The van der Waals surface area contributed by atoms with Crippen LogP contribution in [0.4, 0.5) is 5.69 Å². The molecule has 27 heavy (non-hydrogen) atoms. The number of carbonyl (C=O) groups is 2. The van der Waals surface area contributed by atoms with Crippen LogP contribution in [0.15, 0.2) is 66.7 Å². The van der Waals surface area contributed by atoms with Gasteiger partial charge in [0.2, 0.25) is 11.8 Å². The lowest BCUT2D eigenvalue weighted by Crippen LogP contribution is -2.36. The molecule has 0 unspecified atom stereocenters. The van der Waals surface area contributed by atoms with E-state index in [1.54, 1.807) is 7.05 Å². The van der Waals surface area contributed by atoms with Crippen molar-refractivity contribution in [3.63, 3.8) is 0 Å². The smallest absolute Gasteiger partial charge is 0.243 e. The van der Waals surface area contributed by atoms with Crippen LogP contribution < -0.4 is 5.32 Å². The summed E-state index contributed by atoms with van der Waals surface area (Å²) in [4.78, 5) is 26.4. The predicted octanol–water partition coefficient (Wildman–Crippen LogP) is 4.04. The molecule has 0 saturated carbocycles. The molecule has 4 nitrogen and oxygen atoms in total. The zero-order valence-electron chi connectivity index (χ0n) is 15.7. The highest BCUT2D eigenvalue weighted by Gasteiger charge is 2.15. The van der Waals surface area contributed by atoms with Crippen LogP contribution in [0, 0.1) is 0 Å². The van der Waals surface area contributed by atoms with Gasteiger partial charge < -0.3 is 10.2 Å². The number of aryl methyl sites for hydroxylation is 1. The van der Waals surface area contributed by atoms with Crippen molar-refractivity contribution < 1.29 is 9.59 Å². The number of fused-ring (bicyclic) bond motifs is 1. The van der Waals surface area contributed by atoms with E-state index >= 15 is 0 Å². The molecule has 0 atom stereocenters. The first-order valence-electron chi connectivity index (χ1n) is 9.17. The molecule has 138 valence electrons. The van der Waals surface area contributed by atoms with Gasteiger partial charge in [-0.25, -0.2) is 0 Å². The van der Waals surface area contributed by atoms with Crippen molar-refractivity contribution in [1.82, 2.24) is 4.90 Å². The molecule has 0 aliphatic rings. The van der Waals surface area contributed by atoms with Crippen LogP contribution in [-0.2, 0) is 22.4 Å². The van der Waals surface area contributed by atoms with E-state index in [4.69, 9.17) is 0 Å². The predicted molar refractivity (Wildman–Crippen MR) is 110 cm³/mol. The highest BCUT2D eigenvalue weighted by Crippen LogP contribution is 2.19. The average molecular weight is 360 g/mol. The number of rotatable bonds is 6. The standard InChI is InChI=1S/C23H24N2O2/c1-3-17-9-5-7-14-21(17)24-22(26)16-25(2)23(27)15-19-12-8-11-18-10-4-6-13-20(18)19/h4-14H,3,15-16H2,1-2H3,(H,24,26). The normalized spacial score (nSPS) is 10.6. The first-order valence-corrected chi connectivity index (χ1v) is 9.17. The SMILES string of the molecule is CCc1ccccc1NC(=O)CN(C)C(=O)Cc1cccc2ccccc12. The molecule has 0 radical (unpaired) electrons. The maximum Gasteiger partial charge on any atom is 0.243 e. The first-order chi connectivity index (χ1) is 13.1. The van der Waals surface area contributed by atoms with Gasteiger partial charge in [-0.15, -0.1) is 0 Å². The molecule has 0 aliphatic carbocycles. The largest absolute Gasteiger partial charge is 0.336 e. The van der Waals surface area contributed by atoms with E-state index in [-0.39, 0.29) is 24.8 Å². The summed E-state index contributed by atoms with van der Waals surface area (Å²) in [5.74, 6) is -0.269. The molecule has 0 aromatic heterocycles. The van der Waals surface area contributed by atoms with E-state index in [1.165, 1.54) is 4.90 Å². The summed E-state index contributed by atoms with van der Waals surface area (Å²) < 4.78 is 0. The Kier molecular flexibility index (Phi) is 5.87. The van der Waals surface area contributed by atoms with Crippen LogP contribution in [0.2, 0.25) is 0 Å². The lowest BCUT2D eigenvalue weighted by molar-refractivity contribution is -0.132. The molecule has 1 N–H and O–H groups in total. The Morgan fingerprint density at radius 1 is 0.889 bits per heavy atom. The van der Waals surface area contributed by atoms with Crippen molar-refractivity contribution in [2.45, 2.75) is 19.8 Å². The summed E-state index contributed by atoms with van der Waals surface area (Å²) in [6.07, 6.45) is 1.11. The Balaban J connectivity index is 1.64. The zero-order chi connectivity index (χ0) is 19.2. The van der Waals surface area contributed by atoms with Crippen molar-refractivity contribution in [3.8, 4) is 0 Å². The van der Waals surface area contributed by atoms with E-state index in [1.807, 2.05) is 73.7 Å². The number of anilines is 1. The van der Waals surface area contributed by atoms with Gasteiger partial charge in [0.1, 0.15) is 0 Å². The molecule has 0 saturated heterocycles. The number of nitrogens with zero attached hydrogens (tertiary/aromatic N) is 1. The monoisotopic (exact) mass is 360 g/mol.